The third-order valence-corrected chi connectivity index (χ3v) is 4.60. The van der Waals surface area contributed by atoms with E-state index in [4.69, 9.17) is 9.47 Å². The molecule has 2 heterocycles. The quantitative estimate of drug-likeness (QED) is 0.726. The van der Waals surface area contributed by atoms with E-state index in [0.29, 0.717) is 38.5 Å². The van der Waals surface area contributed by atoms with Gasteiger partial charge in [-0.3, -0.25) is 9.59 Å². The third kappa shape index (κ3) is 6.27. The van der Waals surface area contributed by atoms with Crippen molar-refractivity contribution in [2.45, 2.75) is 6.61 Å². The average Bonchev–Trinajstić information content (AvgIpc) is 2.75. The number of nitrogens with one attached hydrogen (secondary N) is 1. The molecule has 1 aliphatic heterocycles. The second-order valence-corrected chi connectivity index (χ2v) is 6.73. The number of amides is 2. The molecule has 2 aromatic rings. The van der Waals surface area contributed by atoms with Gasteiger partial charge in [-0.1, -0.05) is 30.3 Å². The van der Waals surface area contributed by atoms with Gasteiger partial charge in [0.1, 0.15) is 19.0 Å². The van der Waals surface area contributed by atoms with Gasteiger partial charge in [0.2, 0.25) is 11.8 Å². The lowest BCUT2D eigenvalue weighted by Gasteiger charge is -2.35. The van der Waals surface area contributed by atoms with Crippen molar-refractivity contribution in [1.82, 2.24) is 9.88 Å². The molecule has 0 aliphatic carbocycles. The van der Waals surface area contributed by atoms with Crippen LogP contribution in [0.5, 0.6) is 0 Å². The van der Waals surface area contributed by atoms with E-state index >= 15 is 0 Å². The number of pyridine rings is 1. The molecule has 0 spiro atoms. The number of rotatable bonds is 8. The summed E-state index contributed by atoms with van der Waals surface area (Å²) in [6.45, 7) is 3.18. The molecule has 154 valence electrons. The lowest BCUT2D eigenvalue weighted by atomic mass is 10.2. The van der Waals surface area contributed by atoms with E-state index < -0.39 is 0 Å². The molecule has 8 nitrogen and oxygen atoms in total. The highest BCUT2D eigenvalue weighted by Crippen LogP contribution is 2.16. The molecular weight excluding hydrogens is 372 g/mol. The fraction of sp³-hybridized carbons (Fsp3) is 0.381. The van der Waals surface area contributed by atoms with Gasteiger partial charge in [-0.05, 0) is 17.7 Å². The summed E-state index contributed by atoms with van der Waals surface area (Å²) < 4.78 is 10.3. The largest absolute Gasteiger partial charge is 0.375 e. The highest BCUT2D eigenvalue weighted by atomic mass is 16.5. The van der Waals surface area contributed by atoms with Gasteiger partial charge < -0.3 is 24.6 Å². The molecule has 2 amide bonds. The summed E-state index contributed by atoms with van der Waals surface area (Å²) in [7, 11) is 1.47. The van der Waals surface area contributed by atoms with Gasteiger partial charge in [0.25, 0.3) is 0 Å². The van der Waals surface area contributed by atoms with E-state index in [1.165, 1.54) is 7.11 Å². The molecule has 3 rings (SSSR count). The van der Waals surface area contributed by atoms with Gasteiger partial charge in [0.15, 0.2) is 0 Å². The predicted octanol–water partition coefficient (Wildman–Crippen LogP) is 1.53. The molecular formula is C21H26N4O4. The van der Waals surface area contributed by atoms with E-state index in [-0.39, 0.29) is 25.0 Å². The zero-order chi connectivity index (χ0) is 20.5. The summed E-state index contributed by atoms with van der Waals surface area (Å²) in [4.78, 5) is 32.2. The Balaban J connectivity index is 1.41. The number of piperazine rings is 1. The van der Waals surface area contributed by atoms with Crippen LogP contribution in [0.1, 0.15) is 5.56 Å². The molecule has 1 aliphatic rings. The Labute approximate surface area is 170 Å². The van der Waals surface area contributed by atoms with Crippen molar-refractivity contribution >= 4 is 23.3 Å². The Hall–Kier alpha value is -2.97. The zero-order valence-corrected chi connectivity index (χ0v) is 16.5. The fourth-order valence-electron chi connectivity index (χ4n) is 3.08. The summed E-state index contributed by atoms with van der Waals surface area (Å²) in [5.41, 5.74) is 1.68. The minimum atomic E-state index is -0.219. The number of carbonyl (C=O) groups is 2. The van der Waals surface area contributed by atoms with Crippen molar-refractivity contribution < 1.29 is 19.1 Å². The van der Waals surface area contributed by atoms with Crippen molar-refractivity contribution in [1.29, 1.82) is 0 Å². The van der Waals surface area contributed by atoms with Crippen LogP contribution in [-0.2, 0) is 25.7 Å². The second-order valence-electron chi connectivity index (χ2n) is 6.73. The molecule has 0 unspecified atom stereocenters. The van der Waals surface area contributed by atoms with Crippen molar-refractivity contribution in [3.8, 4) is 0 Å². The molecule has 0 atom stereocenters. The fourth-order valence-corrected chi connectivity index (χ4v) is 3.08. The number of ether oxygens (including phenoxy) is 2. The van der Waals surface area contributed by atoms with E-state index in [9.17, 15) is 9.59 Å². The molecule has 0 radical (unpaired) electrons. The number of nitrogens with zero attached hydrogens (tertiary/aromatic N) is 3. The maximum absolute atomic E-state index is 12.3. The maximum Gasteiger partial charge on any atom is 0.250 e. The van der Waals surface area contributed by atoms with Crippen LogP contribution < -0.4 is 10.2 Å². The van der Waals surface area contributed by atoms with Crippen LogP contribution in [0.2, 0.25) is 0 Å². The van der Waals surface area contributed by atoms with E-state index in [1.54, 1.807) is 6.20 Å². The lowest BCUT2D eigenvalue weighted by molar-refractivity contribution is -0.136. The molecule has 29 heavy (non-hydrogen) atoms. The van der Waals surface area contributed by atoms with Crippen molar-refractivity contribution in [3.63, 3.8) is 0 Å². The average molecular weight is 398 g/mol. The molecule has 1 fully saturated rings. The number of anilines is 2. The highest BCUT2D eigenvalue weighted by Gasteiger charge is 2.22. The Kier molecular flexibility index (Phi) is 7.54. The number of carbonyl (C=O) groups excluding carboxylic acids is 2. The summed E-state index contributed by atoms with van der Waals surface area (Å²) in [5.74, 6) is 0.607. The Morgan fingerprint density at radius 1 is 1.03 bits per heavy atom. The standard InChI is InChI=1S/C21H26N4O4/c1-28-15-20(26)23-18-7-8-19(22-13-18)24-9-11-25(12-10-24)21(27)16-29-14-17-5-3-2-4-6-17/h2-8,13H,9-12,14-16H2,1H3,(H,23,26). The summed E-state index contributed by atoms with van der Waals surface area (Å²) in [6, 6.07) is 13.5. The Morgan fingerprint density at radius 3 is 2.45 bits per heavy atom. The first-order valence-corrected chi connectivity index (χ1v) is 9.55. The smallest absolute Gasteiger partial charge is 0.250 e. The summed E-state index contributed by atoms with van der Waals surface area (Å²) in [5, 5.41) is 2.71. The normalized spacial score (nSPS) is 14.0. The first kappa shape index (κ1) is 20.8. The van der Waals surface area contributed by atoms with Gasteiger partial charge in [-0.15, -0.1) is 0 Å². The highest BCUT2D eigenvalue weighted by molar-refractivity contribution is 5.91. The van der Waals surface area contributed by atoms with Crippen molar-refractivity contribution in [2.75, 3.05) is 56.7 Å². The lowest BCUT2D eigenvalue weighted by Crippen LogP contribution is -2.50. The molecule has 0 bridgehead atoms. The second kappa shape index (κ2) is 10.5. The monoisotopic (exact) mass is 398 g/mol. The van der Waals surface area contributed by atoms with Crippen LogP contribution in [0.3, 0.4) is 0 Å². The van der Waals surface area contributed by atoms with Gasteiger partial charge in [0, 0.05) is 33.3 Å². The molecule has 1 saturated heterocycles. The van der Waals surface area contributed by atoms with Gasteiger partial charge in [-0.2, -0.15) is 0 Å². The first-order valence-electron chi connectivity index (χ1n) is 9.55. The minimum Gasteiger partial charge on any atom is -0.375 e. The van der Waals surface area contributed by atoms with Gasteiger partial charge in [-0.25, -0.2) is 4.98 Å². The predicted molar refractivity (Wildman–Crippen MR) is 110 cm³/mol. The molecule has 1 aromatic carbocycles. The van der Waals surface area contributed by atoms with Crippen molar-refractivity contribution in [3.05, 3.63) is 54.2 Å². The number of benzene rings is 1. The molecule has 1 aromatic heterocycles. The van der Waals surface area contributed by atoms with E-state index in [1.807, 2.05) is 47.4 Å². The zero-order valence-electron chi connectivity index (χ0n) is 16.5. The Morgan fingerprint density at radius 2 is 1.79 bits per heavy atom. The van der Waals surface area contributed by atoms with Gasteiger partial charge >= 0.3 is 0 Å². The molecule has 1 N–H and O–H groups in total. The summed E-state index contributed by atoms with van der Waals surface area (Å²) in [6.07, 6.45) is 1.62. The topological polar surface area (TPSA) is 84.0 Å². The van der Waals surface area contributed by atoms with E-state index in [0.717, 1.165) is 11.4 Å². The molecule has 8 heteroatoms. The summed E-state index contributed by atoms with van der Waals surface area (Å²) >= 11 is 0. The van der Waals surface area contributed by atoms with E-state index in [2.05, 4.69) is 15.2 Å². The number of methoxy groups -OCH3 is 1. The third-order valence-electron chi connectivity index (χ3n) is 4.60. The Bertz CT molecular complexity index is 790. The van der Waals surface area contributed by atoms with Crippen molar-refractivity contribution in [2.24, 2.45) is 0 Å². The number of hydrogen-bond donors (Lipinski definition) is 1. The minimum absolute atomic E-state index is 0.00439. The van der Waals surface area contributed by atoms with Crippen LogP contribution >= 0.6 is 0 Å². The number of aromatic nitrogens is 1. The van der Waals surface area contributed by atoms with Crippen LogP contribution in [0.25, 0.3) is 0 Å². The van der Waals surface area contributed by atoms with Crippen LogP contribution in [0.4, 0.5) is 11.5 Å². The SMILES string of the molecule is COCC(=O)Nc1ccc(N2CCN(C(=O)COCc3ccccc3)CC2)nc1. The van der Waals surface area contributed by atoms with Gasteiger partial charge in [0.05, 0.1) is 18.5 Å². The van der Waals surface area contributed by atoms with Crippen LogP contribution in [0, 0.1) is 0 Å². The first-order chi connectivity index (χ1) is 14.2. The number of hydrogen-bond acceptors (Lipinski definition) is 6. The maximum atomic E-state index is 12.3. The molecule has 0 saturated carbocycles. The van der Waals surface area contributed by atoms with Crippen LogP contribution in [-0.4, -0.2) is 68.2 Å². The van der Waals surface area contributed by atoms with Crippen LogP contribution in [0.15, 0.2) is 48.7 Å².